The number of benzene rings is 2. The third kappa shape index (κ3) is 3.91. The largest absolute Gasteiger partial charge is 0.454 e. The Morgan fingerprint density at radius 3 is 2.79 bits per heavy atom. The number of amides is 1. The highest BCUT2D eigenvalue weighted by molar-refractivity contribution is 5.79. The number of hydrogen-bond donors (Lipinski definition) is 2. The van der Waals surface area contributed by atoms with Crippen molar-refractivity contribution in [3.63, 3.8) is 0 Å². The molecule has 5 nitrogen and oxygen atoms in total. The van der Waals surface area contributed by atoms with Crippen molar-refractivity contribution in [3.8, 4) is 11.5 Å². The number of carbonyl (C=O) groups excluding carboxylic acids is 1. The molecule has 28 heavy (non-hydrogen) atoms. The van der Waals surface area contributed by atoms with E-state index in [1.807, 2.05) is 18.2 Å². The van der Waals surface area contributed by atoms with Gasteiger partial charge in [-0.1, -0.05) is 18.2 Å². The van der Waals surface area contributed by atoms with E-state index in [1.165, 1.54) is 6.07 Å². The summed E-state index contributed by atoms with van der Waals surface area (Å²) in [5.41, 5.74) is 0.712. The van der Waals surface area contributed by atoms with Gasteiger partial charge in [-0.2, -0.15) is 13.2 Å². The molecule has 8 heteroatoms. The number of fused-ring (bicyclic) bond motifs is 1. The Morgan fingerprint density at radius 1 is 1.14 bits per heavy atom. The normalized spacial score (nSPS) is 21.0. The Morgan fingerprint density at radius 2 is 1.96 bits per heavy atom. The van der Waals surface area contributed by atoms with Crippen LogP contribution in [-0.2, 0) is 17.5 Å². The smallest absolute Gasteiger partial charge is 0.416 e. The van der Waals surface area contributed by atoms with E-state index >= 15 is 0 Å². The lowest BCUT2D eigenvalue weighted by atomic mass is 9.99. The van der Waals surface area contributed by atoms with E-state index < -0.39 is 11.7 Å². The summed E-state index contributed by atoms with van der Waals surface area (Å²) in [6.07, 6.45) is -3.79. The van der Waals surface area contributed by atoms with Crippen LogP contribution in [0.2, 0.25) is 0 Å². The van der Waals surface area contributed by atoms with Gasteiger partial charge in [-0.3, -0.25) is 4.79 Å². The Hall–Kier alpha value is -2.74. The van der Waals surface area contributed by atoms with Gasteiger partial charge in [0.05, 0.1) is 11.5 Å². The molecule has 1 unspecified atom stereocenters. The van der Waals surface area contributed by atoms with Gasteiger partial charge in [-0.05, 0) is 41.8 Å². The van der Waals surface area contributed by atoms with Gasteiger partial charge >= 0.3 is 6.18 Å². The third-order valence-electron chi connectivity index (χ3n) is 5.02. The quantitative estimate of drug-likeness (QED) is 0.837. The number of rotatable bonds is 4. The van der Waals surface area contributed by atoms with Crippen LogP contribution in [0.1, 0.15) is 29.2 Å². The monoisotopic (exact) mass is 392 g/mol. The fourth-order valence-electron chi connectivity index (χ4n) is 3.51. The second-order valence-electron chi connectivity index (χ2n) is 6.92. The van der Waals surface area contributed by atoms with Crippen LogP contribution in [0.4, 0.5) is 13.2 Å². The zero-order valence-corrected chi connectivity index (χ0v) is 14.9. The first-order valence-electron chi connectivity index (χ1n) is 8.97. The number of carbonyl (C=O) groups is 1. The molecule has 0 radical (unpaired) electrons. The minimum atomic E-state index is -4.40. The molecule has 2 aliphatic heterocycles. The van der Waals surface area contributed by atoms with Crippen molar-refractivity contribution in [3.05, 3.63) is 59.2 Å². The second kappa shape index (κ2) is 7.35. The first-order valence-corrected chi connectivity index (χ1v) is 8.97. The van der Waals surface area contributed by atoms with Crippen LogP contribution in [0.15, 0.2) is 42.5 Å². The zero-order valence-electron chi connectivity index (χ0n) is 14.9. The highest BCUT2D eigenvalue weighted by Crippen LogP contribution is 2.37. The van der Waals surface area contributed by atoms with Gasteiger partial charge in [0.25, 0.3) is 0 Å². The maximum absolute atomic E-state index is 12.8. The topological polar surface area (TPSA) is 59.6 Å². The van der Waals surface area contributed by atoms with E-state index in [9.17, 15) is 18.0 Å². The average Bonchev–Trinajstić information content (AvgIpc) is 3.34. The van der Waals surface area contributed by atoms with Crippen LogP contribution < -0.4 is 20.1 Å². The Bertz CT molecular complexity index is 885. The number of halogens is 3. The van der Waals surface area contributed by atoms with Gasteiger partial charge in [0.15, 0.2) is 11.5 Å². The lowest BCUT2D eigenvalue weighted by Gasteiger charge is -2.13. The highest BCUT2D eigenvalue weighted by atomic mass is 19.4. The van der Waals surface area contributed by atoms with Gasteiger partial charge in [0.2, 0.25) is 12.7 Å². The first-order chi connectivity index (χ1) is 13.4. The average molecular weight is 392 g/mol. The molecule has 0 bridgehead atoms. The second-order valence-corrected chi connectivity index (χ2v) is 6.92. The molecule has 0 spiro atoms. The molecule has 1 saturated heterocycles. The SMILES string of the molecule is O=C(NCc1cccc(C(F)(F)F)c1)[C@H]1CNC(c2ccc3c(c2)OCO3)C1. The summed E-state index contributed by atoms with van der Waals surface area (Å²) in [4.78, 5) is 12.4. The fraction of sp³-hybridized carbons (Fsp3) is 0.350. The van der Waals surface area contributed by atoms with Gasteiger partial charge in [0, 0.05) is 19.1 Å². The molecule has 1 fully saturated rings. The number of alkyl halides is 3. The van der Waals surface area contributed by atoms with Crippen molar-refractivity contribution in [2.75, 3.05) is 13.3 Å². The van der Waals surface area contributed by atoms with E-state index in [4.69, 9.17) is 9.47 Å². The number of hydrogen-bond acceptors (Lipinski definition) is 4. The number of ether oxygens (including phenoxy) is 2. The zero-order chi connectivity index (χ0) is 19.7. The molecule has 2 N–H and O–H groups in total. The Labute approximate surface area is 159 Å². The van der Waals surface area contributed by atoms with Crippen LogP contribution >= 0.6 is 0 Å². The summed E-state index contributed by atoms with van der Waals surface area (Å²) < 4.78 is 49.0. The highest BCUT2D eigenvalue weighted by Gasteiger charge is 2.32. The van der Waals surface area contributed by atoms with Crippen LogP contribution in [0, 0.1) is 5.92 Å². The summed E-state index contributed by atoms with van der Waals surface area (Å²) in [6.45, 7) is 0.777. The predicted molar refractivity (Wildman–Crippen MR) is 94.7 cm³/mol. The van der Waals surface area contributed by atoms with Crippen LogP contribution in [0.25, 0.3) is 0 Å². The summed E-state index contributed by atoms with van der Waals surface area (Å²) in [5.74, 6) is 0.975. The van der Waals surface area contributed by atoms with Crippen molar-refractivity contribution < 1.29 is 27.4 Å². The van der Waals surface area contributed by atoms with Gasteiger partial charge in [0.1, 0.15) is 0 Å². The van der Waals surface area contributed by atoms with E-state index in [1.54, 1.807) is 6.07 Å². The van der Waals surface area contributed by atoms with Crippen molar-refractivity contribution in [2.45, 2.75) is 25.2 Å². The third-order valence-corrected chi connectivity index (χ3v) is 5.02. The number of nitrogens with one attached hydrogen (secondary N) is 2. The van der Waals surface area contributed by atoms with E-state index in [-0.39, 0.29) is 31.2 Å². The van der Waals surface area contributed by atoms with Crippen molar-refractivity contribution in [1.29, 1.82) is 0 Å². The molecule has 4 rings (SSSR count). The maximum Gasteiger partial charge on any atom is 0.416 e. The molecule has 0 aromatic heterocycles. The van der Waals surface area contributed by atoms with Gasteiger partial charge < -0.3 is 20.1 Å². The predicted octanol–water partition coefficient (Wildman–Crippen LogP) is 3.40. The lowest BCUT2D eigenvalue weighted by Crippen LogP contribution is -2.31. The maximum atomic E-state index is 12.8. The molecular weight excluding hydrogens is 373 g/mol. The van der Waals surface area contributed by atoms with Gasteiger partial charge in [-0.15, -0.1) is 0 Å². The Balaban J connectivity index is 1.34. The molecule has 0 aliphatic carbocycles. The van der Waals surface area contributed by atoms with E-state index in [2.05, 4.69) is 10.6 Å². The minimum absolute atomic E-state index is 0.0128. The summed E-state index contributed by atoms with van der Waals surface area (Å²) >= 11 is 0. The van der Waals surface area contributed by atoms with Crippen molar-refractivity contribution >= 4 is 5.91 Å². The van der Waals surface area contributed by atoms with Crippen LogP contribution in [0.3, 0.4) is 0 Å². The molecule has 1 amide bonds. The molecule has 2 atom stereocenters. The van der Waals surface area contributed by atoms with E-state index in [0.29, 0.717) is 30.0 Å². The molecular formula is C20H19F3N2O3. The van der Waals surface area contributed by atoms with Gasteiger partial charge in [-0.25, -0.2) is 0 Å². The minimum Gasteiger partial charge on any atom is -0.454 e. The molecule has 2 heterocycles. The fourth-order valence-corrected chi connectivity index (χ4v) is 3.51. The van der Waals surface area contributed by atoms with Crippen molar-refractivity contribution in [2.24, 2.45) is 5.92 Å². The standard InChI is InChI=1S/C20H19F3N2O3/c21-20(22,23)15-3-1-2-12(6-15)9-25-19(26)14-7-16(24-10-14)13-4-5-17-18(8-13)28-11-27-17/h1-6,8,14,16,24H,7,9-11H2,(H,25,26)/t14-,16?/m1/s1. The lowest BCUT2D eigenvalue weighted by molar-refractivity contribution is -0.137. The first kappa shape index (κ1) is 18.6. The summed E-state index contributed by atoms with van der Waals surface area (Å²) in [6, 6.07) is 10.7. The summed E-state index contributed by atoms with van der Waals surface area (Å²) in [5, 5.41) is 6.06. The molecule has 2 aromatic carbocycles. The molecule has 148 valence electrons. The Kier molecular flexibility index (Phi) is 4.89. The van der Waals surface area contributed by atoms with Crippen LogP contribution in [0.5, 0.6) is 11.5 Å². The molecule has 0 saturated carbocycles. The summed E-state index contributed by atoms with van der Waals surface area (Å²) in [7, 11) is 0. The van der Waals surface area contributed by atoms with E-state index in [0.717, 1.165) is 17.7 Å². The van der Waals surface area contributed by atoms with Crippen molar-refractivity contribution in [1.82, 2.24) is 10.6 Å². The van der Waals surface area contributed by atoms with Crippen LogP contribution in [-0.4, -0.2) is 19.2 Å². The molecule has 2 aliphatic rings. The molecule has 2 aromatic rings.